The van der Waals surface area contributed by atoms with Crippen LogP contribution in [0.4, 0.5) is 0 Å². The Labute approximate surface area is 63.8 Å². The topological polar surface area (TPSA) is 29.1 Å². The maximum atomic E-state index is 11.5. The zero-order valence-electron chi connectivity index (χ0n) is 6.06. The van der Waals surface area contributed by atoms with Gasteiger partial charge < -0.3 is 5.32 Å². The fourth-order valence-corrected chi connectivity index (χ4v) is 3.52. The highest BCUT2D eigenvalue weighted by Crippen LogP contribution is 2.38. The van der Waals surface area contributed by atoms with E-state index in [0.717, 1.165) is 18.8 Å². The highest BCUT2D eigenvalue weighted by molar-refractivity contribution is 7.86. The molecule has 0 aromatic carbocycles. The molecule has 1 atom stereocenters. The van der Waals surface area contributed by atoms with Gasteiger partial charge in [0.05, 0.1) is 4.75 Å². The summed E-state index contributed by atoms with van der Waals surface area (Å²) in [5.74, 6) is 0.875. The summed E-state index contributed by atoms with van der Waals surface area (Å²) in [6.07, 6.45) is 3.66. The summed E-state index contributed by atoms with van der Waals surface area (Å²) in [5.41, 5.74) is 0. The lowest BCUT2D eigenvalue weighted by molar-refractivity contribution is 0.328. The summed E-state index contributed by atoms with van der Waals surface area (Å²) >= 11 is 0. The minimum absolute atomic E-state index is 0.220. The van der Waals surface area contributed by atoms with Crippen molar-refractivity contribution >= 4 is 10.8 Å². The quantitative estimate of drug-likeness (QED) is 0.549. The second kappa shape index (κ2) is 2.31. The number of rotatable bonds is 0. The third kappa shape index (κ3) is 0.839. The molecule has 10 heavy (non-hydrogen) atoms. The molecule has 3 heteroatoms. The standard InChI is InChI=1S/C7H13NOS/c9-10-5-4-8-6-7(10)2-1-3-7/h8H,1-6H2. The van der Waals surface area contributed by atoms with Crippen LogP contribution in [-0.2, 0) is 10.8 Å². The van der Waals surface area contributed by atoms with E-state index in [1.54, 1.807) is 0 Å². The summed E-state index contributed by atoms with van der Waals surface area (Å²) in [5, 5.41) is 3.31. The molecule has 0 bridgehead atoms. The normalized spacial score (nSPS) is 37.4. The molecule has 1 saturated carbocycles. The molecule has 1 N–H and O–H groups in total. The lowest BCUT2D eigenvalue weighted by Gasteiger charge is -2.43. The minimum Gasteiger partial charge on any atom is -0.314 e. The van der Waals surface area contributed by atoms with Crippen molar-refractivity contribution in [3.63, 3.8) is 0 Å². The summed E-state index contributed by atoms with van der Waals surface area (Å²) in [6.45, 7) is 1.95. The molecule has 1 heterocycles. The Morgan fingerprint density at radius 2 is 2.20 bits per heavy atom. The lowest BCUT2D eigenvalue weighted by Crippen LogP contribution is -2.55. The van der Waals surface area contributed by atoms with Crippen LogP contribution in [0.2, 0.25) is 0 Å². The van der Waals surface area contributed by atoms with Gasteiger partial charge in [0.2, 0.25) is 0 Å². The molecule has 1 spiro atoms. The van der Waals surface area contributed by atoms with Crippen molar-refractivity contribution in [1.29, 1.82) is 0 Å². The van der Waals surface area contributed by atoms with Crippen LogP contribution in [0.1, 0.15) is 19.3 Å². The van der Waals surface area contributed by atoms with Gasteiger partial charge >= 0.3 is 0 Å². The van der Waals surface area contributed by atoms with Gasteiger partial charge in [-0.15, -0.1) is 0 Å². The van der Waals surface area contributed by atoms with Gasteiger partial charge in [-0.25, -0.2) is 0 Å². The van der Waals surface area contributed by atoms with Crippen molar-refractivity contribution in [3.05, 3.63) is 0 Å². The van der Waals surface area contributed by atoms with Crippen molar-refractivity contribution < 1.29 is 4.21 Å². The Kier molecular flexibility index (Phi) is 1.57. The molecule has 2 aliphatic rings. The fourth-order valence-electron chi connectivity index (χ4n) is 1.75. The zero-order valence-corrected chi connectivity index (χ0v) is 6.88. The molecule has 58 valence electrons. The van der Waals surface area contributed by atoms with Crippen LogP contribution in [-0.4, -0.2) is 27.8 Å². The van der Waals surface area contributed by atoms with Gasteiger partial charge in [0.1, 0.15) is 0 Å². The first-order valence-electron chi connectivity index (χ1n) is 3.93. The van der Waals surface area contributed by atoms with E-state index in [1.165, 1.54) is 19.3 Å². The van der Waals surface area contributed by atoms with Crippen molar-refractivity contribution in [2.45, 2.75) is 24.0 Å². The smallest absolute Gasteiger partial charge is 0.0583 e. The van der Waals surface area contributed by atoms with Crippen LogP contribution >= 0.6 is 0 Å². The first-order valence-corrected chi connectivity index (χ1v) is 5.25. The average Bonchev–Trinajstić information content (AvgIpc) is 1.85. The van der Waals surface area contributed by atoms with E-state index < -0.39 is 10.8 Å². The average molecular weight is 159 g/mol. The first-order chi connectivity index (χ1) is 4.83. The van der Waals surface area contributed by atoms with Gasteiger partial charge in [-0.05, 0) is 12.8 Å². The fraction of sp³-hybridized carbons (Fsp3) is 1.00. The number of hydrogen-bond acceptors (Lipinski definition) is 2. The maximum Gasteiger partial charge on any atom is 0.0583 e. The molecular weight excluding hydrogens is 146 g/mol. The van der Waals surface area contributed by atoms with Crippen LogP contribution in [0.15, 0.2) is 0 Å². The van der Waals surface area contributed by atoms with E-state index in [2.05, 4.69) is 5.32 Å². The summed E-state index contributed by atoms with van der Waals surface area (Å²) in [7, 11) is -0.519. The second-order valence-corrected chi connectivity index (χ2v) is 5.23. The monoisotopic (exact) mass is 159 g/mol. The Morgan fingerprint density at radius 3 is 2.60 bits per heavy atom. The Bertz CT molecular complexity index is 165. The van der Waals surface area contributed by atoms with Gasteiger partial charge in [0.25, 0.3) is 0 Å². The SMILES string of the molecule is O=S1CCNCC12CCC2. The third-order valence-corrected chi connectivity index (χ3v) is 4.75. The van der Waals surface area contributed by atoms with Crippen LogP contribution in [0.5, 0.6) is 0 Å². The molecule has 0 aromatic heterocycles. The van der Waals surface area contributed by atoms with Crippen LogP contribution in [0.25, 0.3) is 0 Å². The highest BCUT2D eigenvalue weighted by Gasteiger charge is 2.43. The van der Waals surface area contributed by atoms with Crippen LogP contribution in [0.3, 0.4) is 0 Å². The highest BCUT2D eigenvalue weighted by atomic mass is 32.2. The van der Waals surface area contributed by atoms with Crippen molar-refractivity contribution in [2.24, 2.45) is 0 Å². The maximum absolute atomic E-state index is 11.5. The summed E-state index contributed by atoms with van der Waals surface area (Å²) in [6, 6.07) is 0. The predicted molar refractivity (Wildman–Crippen MR) is 42.5 cm³/mol. The van der Waals surface area contributed by atoms with E-state index in [1.807, 2.05) is 0 Å². The summed E-state index contributed by atoms with van der Waals surface area (Å²) in [4.78, 5) is 0. The van der Waals surface area contributed by atoms with Crippen molar-refractivity contribution in [2.75, 3.05) is 18.8 Å². The molecule has 2 fully saturated rings. The van der Waals surface area contributed by atoms with E-state index in [0.29, 0.717) is 0 Å². The molecule has 0 aromatic rings. The van der Waals surface area contributed by atoms with Gasteiger partial charge in [0, 0.05) is 29.6 Å². The third-order valence-electron chi connectivity index (χ3n) is 2.66. The molecule has 1 aliphatic carbocycles. The summed E-state index contributed by atoms with van der Waals surface area (Å²) < 4.78 is 11.7. The van der Waals surface area contributed by atoms with E-state index in [4.69, 9.17) is 0 Å². The van der Waals surface area contributed by atoms with Gasteiger partial charge in [-0.1, -0.05) is 6.42 Å². The molecular formula is C7H13NOS. The molecule has 2 nitrogen and oxygen atoms in total. The van der Waals surface area contributed by atoms with Crippen molar-refractivity contribution in [1.82, 2.24) is 5.32 Å². The molecule has 0 radical (unpaired) electrons. The zero-order chi connectivity index (χ0) is 7.03. The van der Waals surface area contributed by atoms with Crippen molar-refractivity contribution in [3.8, 4) is 0 Å². The largest absolute Gasteiger partial charge is 0.314 e. The molecule has 0 amide bonds. The van der Waals surface area contributed by atoms with E-state index in [-0.39, 0.29) is 4.75 Å². The van der Waals surface area contributed by atoms with Gasteiger partial charge in [0.15, 0.2) is 0 Å². The van der Waals surface area contributed by atoms with E-state index >= 15 is 0 Å². The minimum atomic E-state index is -0.519. The molecule has 1 unspecified atom stereocenters. The van der Waals surface area contributed by atoms with Crippen LogP contribution in [0, 0.1) is 0 Å². The first kappa shape index (κ1) is 6.80. The molecule has 2 rings (SSSR count). The van der Waals surface area contributed by atoms with E-state index in [9.17, 15) is 4.21 Å². The Balaban J connectivity index is 2.10. The second-order valence-electron chi connectivity index (χ2n) is 3.26. The Hall–Kier alpha value is 0.110. The number of hydrogen-bond donors (Lipinski definition) is 1. The van der Waals surface area contributed by atoms with Gasteiger partial charge in [-0.2, -0.15) is 0 Å². The molecule has 1 saturated heterocycles. The number of nitrogens with one attached hydrogen (secondary N) is 1. The predicted octanol–water partition coefficient (Wildman–Crippen LogP) is 0.261. The molecule has 1 aliphatic heterocycles. The van der Waals surface area contributed by atoms with Crippen LogP contribution < -0.4 is 5.32 Å². The van der Waals surface area contributed by atoms with Gasteiger partial charge in [-0.3, -0.25) is 4.21 Å². The Morgan fingerprint density at radius 1 is 1.40 bits per heavy atom. The lowest BCUT2D eigenvalue weighted by atomic mass is 9.84.